The number of carbonyl (C=O) groups is 1. The van der Waals surface area contributed by atoms with Crippen LogP contribution in [0.3, 0.4) is 0 Å². The third-order valence-electron chi connectivity index (χ3n) is 3.41. The van der Waals surface area contributed by atoms with E-state index in [1.54, 1.807) is 25.2 Å². The van der Waals surface area contributed by atoms with Crippen molar-refractivity contribution in [1.29, 1.82) is 1.43 Å². The summed E-state index contributed by atoms with van der Waals surface area (Å²) in [6.45, 7) is 0. The van der Waals surface area contributed by atoms with Gasteiger partial charge in [-0.15, -0.1) is 0 Å². The van der Waals surface area contributed by atoms with Gasteiger partial charge in [0.1, 0.15) is 0 Å². The molecule has 0 fully saturated rings. The summed E-state index contributed by atoms with van der Waals surface area (Å²) >= 11 is 6.11. The lowest BCUT2D eigenvalue weighted by atomic mass is 10.0. The van der Waals surface area contributed by atoms with Crippen LogP contribution < -0.4 is 4.90 Å². The third kappa shape index (κ3) is 2.44. The van der Waals surface area contributed by atoms with Crippen molar-refractivity contribution >= 4 is 28.9 Å². The van der Waals surface area contributed by atoms with Crippen LogP contribution in [0.25, 0.3) is 0 Å². The number of carbonyl (C=O) groups excluding carboxylic acids is 1. The molecule has 0 saturated heterocycles. The van der Waals surface area contributed by atoms with E-state index < -0.39 is 12.1 Å². The first-order valence-electron chi connectivity index (χ1n) is 6.85. The van der Waals surface area contributed by atoms with Crippen LogP contribution >= 0.6 is 11.6 Å². The molecule has 21 heavy (non-hydrogen) atoms. The molecule has 4 nitrogen and oxygen atoms in total. The molecule has 2 aromatic rings. The van der Waals surface area contributed by atoms with Crippen molar-refractivity contribution in [1.82, 2.24) is 0 Å². The minimum Gasteiger partial charge on any atom is -0.364 e. The molecule has 0 aromatic heterocycles. The first kappa shape index (κ1) is 12.6. The fourth-order valence-electron chi connectivity index (χ4n) is 2.34. The van der Waals surface area contributed by atoms with Gasteiger partial charge in [0.05, 0.1) is 11.4 Å². The number of likely N-dealkylation sites (N-methyl/N-ethyl adjacent to an activating group) is 1. The SMILES string of the molecule is [2H]OC1N=C(c2ccccc2)c2cc(Cl)ccc2N(C)C1=O. The number of hydrogen-bond donors (Lipinski definition) is 1. The van der Waals surface area contributed by atoms with Gasteiger partial charge in [0, 0.05) is 23.2 Å². The van der Waals surface area contributed by atoms with E-state index in [1.165, 1.54) is 4.90 Å². The number of benzodiazepines with no additional fused rings is 1. The summed E-state index contributed by atoms with van der Waals surface area (Å²) in [7, 11) is 1.63. The summed E-state index contributed by atoms with van der Waals surface area (Å²) in [6, 6.07) is 14.7. The van der Waals surface area contributed by atoms with Gasteiger partial charge in [0.2, 0.25) is 7.66 Å². The maximum atomic E-state index is 12.3. The van der Waals surface area contributed by atoms with Crippen molar-refractivity contribution in [3.63, 3.8) is 0 Å². The van der Waals surface area contributed by atoms with E-state index in [9.17, 15) is 4.79 Å². The van der Waals surface area contributed by atoms with Crippen LogP contribution in [0.5, 0.6) is 0 Å². The Bertz CT molecular complexity index is 749. The van der Waals surface area contributed by atoms with Crippen molar-refractivity contribution < 1.29 is 9.90 Å². The van der Waals surface area contributed by atoms with Crippen LogP contribution in [-0.4, -0.2) is 31.4 Å². The Labute approximate surface area is 128 Å². The van der Waals surface area contributed by atoms with E-state index in [0.29, 0.717) is 16.4 Å². The highest BCUT2D eigenvalue weighted by Gasteiger charge is 2.28. The van der Waals surface area contributed by atoms with E-state index >= 15 is 0 Å². The van der Waals surface area contributed by atoms with E-state index in [-0.39, 0.29) is 0 Å². The molecule has 0 radical (unpaired) electrons. The average Bonchev–Trinajstić information content (AvgIpc) is 2.64. The minimum absolute atomic E-state index is 0.399. The number of aliphatic imine (C=N–C) groups is 1. The smallest absolute Gasteiger partial charge is 0.278 e. The molecule has 0 bridgehead atoms. The Hall–Kier alpha value is -2.17. The largest absolute Gasteiger partial charge is 0.364 e. The van der Waals surface area contributed by atoms with E-state index in [2.05, 4.69) is 10.1 Å². The van der Waals surface area contributed by atoms with Gasteiger partial charge >= 0.3 is 0 Å². The number of fused-ring (bicyclic) bond motifs is 1. The molecule has 0 spiro atoms. The minimum atomic E-state index is -1.20. The molecular formula is C16H13ClN2O2. The Kier molecular flexibility index (Phi) is 3.18. The summed E-state index contributed by atoms with van der Waals surface area (Å²) < 4.78 is 7.14. The standard InChI is InChI=1S/C16H13ClN2O2/c1-19-13-8-7-11(17)9-12(13)14(18-15(20)16(19)21)10-5-3-2-4-6-10/h2-9,15,20H,1H3/i20D. The molecule has 1 aliphatic heterocycles. The average molecular weight is 302 g/mol. The number of rotatable bonds is 2. The van der Waals surface area contributed by atoms with Crippen LogP contribution in [0.15, 0.2) is 53.5 Å². The first-order chi connectivity index (χ1) is 10.6. The van der Waals surface area contributed by atoms with Crippen LogP contribution in [0, 0.1) is 0 Å². The number of nitrogens with zero attached hydrogens (tertiary/aromatic N) is 2. The summed E-state index contributed by atoms with van der Waals surface area (Å²) in [4.78, 5) is 18.1. The quantitative estimate of drug-likeness (QED) is 0.926. The number of halogens is 1. The van der Waals surface area contributed by atoms with Gasteiger partial charge in [-0.25, -0.2) is 4.99 Å². The van der Waals surface area contributed by atoms with Crippen molar-refractivity contribution in [2.24, 2.45) is 4.99 Å². The number of anilines is 1. The molecule has 106 valence electrons. The van der Waals surface area contributed by atoms with Crippen LogP contribution in [-0.2, 0) is 4.79 Å². The first-order valence-corrected chi connectivity index (χ1v) is 6.82. The fourth-order valence-corrected chi connectivity index (χ4v) is 2.51. The van der Waals surface area contributed by atoms with Gasteiger partial charge in [-0.05, 0) is 18.2 Å². The van der Waals surface area contributed by atoms with Gasteiger partial charge in [-0.3, -0.25) is 4.79 Å². The van der Waals surface area contributed by atoms with Crippen molar-refractivity contribution in [2.75, 3.05) is 11.9 Å². The van der Waals surface area contributed by atoms with Gasteiger partial charge in [0.15, 0.2) is 0 Å². The fraction of sp³-hybridized carbons (Fsp3) is 0.125. The summed E-state index contributed by atoms with van der Waals surface area (Å²) in [5, 5.41) is 5.05. The van der Waals surface area contributed by atoms with E-state index in [0.717, 1.165) is 11.1 Å². The molecule has 3 rings (SSSR count). The molecule has 0 aliphatic carbocycles. The molecule has 1 aliphatic rings. The number of aliphatic hydroxyl groups is 1. The van der Waals surface area contributed by atoms with Gasteiger partial charge in [0.25, 0.3) is 5.91 Å². The Balaban J connectivity index is 2.27. The zero-order valence-electron chi connectivity index (χ0n) is 12.3. The number of benzene rings is 2. The maximum Gasteiger partial charge on any atom is 0.278 e. The molecule has 0 saturated carbocycles. The second-order valence-corrected chi connectivity index (χ2v) is 5.19. The van der Waals surface area contributed by atoms with Crippen molar-refractivity contribution in [3.8, 4) is 0 Å². The lowest BCUT2D eigenvalue weighted by Gasteiger charge is -2.18. The molecule has 1 unspecified atom stereocenters. The van der Waals surface area contributed by atoms with E-state index in [4.69, 9.17) is 13.0 Å². The van der Waals surface area contributed by atoms with Crippen molar-refractivity contribution in [3.05, 3.63) is 64.7 Å². The predicted octanol–water partition coefficient (Wildman–Crippen LogP) is 2.47. The monoisotopic (exact) mass is 301 g/mol. The van der Waals surface area contributed by atoms with Gasteiger partial charge in [-0.2, -0.15) is 0 Å². The molecule has 1 amide bonds. The highest BCUT2D eigenvalue weighted by molar-refractivity contribution is 6.32. The Morgan fingerprint density at radius 2 is 2.05 bits per heavy atom. The second kappa shape index (κ2) is 5.31. The molecule has 1 N–H and O–H groups in total. The Morgan fingerprint density at radius 1 is 1.29 bits per heavy atom. The van der Waals surface area contributed by atoms with Crippen LogP contribution in [0.2, 0.25) is 5.02 Å². The maximum absolute atomic E-state index is 12.3. The molecule has 1 heterocycles. The number of amides is 1. The van der Waals surface area contributed by atoms with Gasteiger partial charge in [-0.1, -0.05) is 41.9 Å². The third-order valence-corrected chi connectivity index (χ3v) is 3.65. The predicted molar refractivity (Wildman–Crippen MR) is 82.9 cm³/mol. The molecule has 2 aromatic carbocycles. The number of hydrogen-bond acceptors (Lipinski definition) is 3. The second-order valence-electron chi connectivity index (χ2n) is 4.75. The highest BCUT2D eigenvalue weighted by atomic mass is 35.5. The summed E-state index contributed by atoms with van der Waals surface area (Å²) in [5.41, 5.74) is 2.81. The molecular weight excluding hydrogens is 288 g/mol. The zero-order chi connectivity index (χ0) is 15.7. The summed E-state index contributed by atoms with van der Waals surface area (Å²) in [5.74, 6) is -0.399. The zero-order valence-corrected chi connectivity index (χ0v) is 12.0. The summed E-state index contributed by atoms with van der Waals surface area (Å²) in [6.07, 6.45) is -1.20. The highest BCUT2D eigenvalue weighted by Crippen LogP contribution is 2.29. The number of aliphatic hydroxyl groups excluding tert-OH is 1. The van der Waals surface area contributed by atoms with Gasteiger partial charge < -0.3 is 10.0 Å². The molecule has 1 atom stereocenters. The van der Waals surface area contributed by atoms with Crippen molar-refractivity contribution in [2.45, 2.75) is 6.23 Å². The topological polar surface area (TPSA) is 52.9 Å². The van der Waals surface area contributed by atoms with E-state index in [1.807, 2.05) is 30.3 Å². The normalized spacial score (nSPS) is 18.7. The van der Waals surface area contributed by atoms with Crippen LogP contribution in [0.4, 0.5) is 5.69 Å². The van der Waals surface area contributed by atoms with Crippen LogP contribution in [0.1, 0.15) is 11.1 Å². The lowest BCUT2D eigenvalue weighted by Crippen LogP contribution is -2.34. The lowest BCUT2D eigenvalue weighted by molar-refractivity contribution is -0.125. The molecule has 5 heteroatoms. The Morgan fingerprint density at radius 3 is 2.76 bits per heavy atom.